The highest BCUT2D eigenvalue weighted by atomic mass is 19.1. The first-order chi connectivity index (χ1) is 19.8. The Bertz CT molecular complexity index is 1670. The van der Waals surface area contributed by atoms with Crippen LogP contribution in [-0.4, -0.2) is 39.6 Å². The van der Waals surface area contributed by atoms with Gasteiger partial charge in [-0.25, -0.2) is 13.9 Å². The molecule has 1 aliphatic heterocycles. The molecule has 2 fully saturated rings. The number of fused-ring (bicyclic) bond motifs is 2. The number of halogens is 1. The molecular weight excluding hydrogens is 521 g/mol. The number of ether oxygens (including phenoxy) is 1. The van der Waals surface area contributed by atoms with E-state index >= 15 is 0 Å². The standard InChI is InChI=1S/C32H32FN5O3/c1-32(31(34)40)17-41-29-25(32)15-27(36-28(29)20-7-9-22(33)10-8-20)24(18-3-2-4-18)16-35-30(39)21-11-12-38-23(13-21)14-26(37-38)19-5-6-19/h7-15,18-19,24H,2-6,16-17H2,1H3,(H2,34,40)(H,35,39)/t24-,32-/m0/s1. The van der Waals surface area contributed by atoms with Gasteiger partial charge in [-0.15, -0.1) is 0 Å². The largest absolute Gasteiger partial charge is 0.489 e. The molecule has 4 aromatic rings. The van der Waals surface area contributed by atoms with Crippen molar-refractivity contribution in [3.05, 3.63) is 83.1 Å². The Hall–Kier alpha value is -4.27. The maximum atomic E-state index is 13.8. The van der Waals surface area contributed by atoms with Gasteiger partial charge in [0.05, 0.1) is 11.2 Å². The van der Waals surface area contributed by atoms with Crippen molar-refractivity contribution in [2.24, 2.45) is 11.7 Å². The minimum Gasteiger partial charge on any atom is -0.489 e. The van der Waals surface area contributed by atoms with E-state index in [0.717, 1.165) is 36.2 Å². The molecule has 0 bridgehead atoms. The minimum atomic E-state index is -1.02. The molecule has 2 aliphatic carbocycles. The summed E-state index contributed by atoms with van der Waals surface area (Å²) in [6, 6.07) is 13.7. The van der Waals surface area contributed by atoms with Crippen LogP contribution in [0.1, 0.15) is 78.2 Å². The highest BCUT2D eigenvalue weighted by Crippen LogP contribution is 2.47. The van der Waals surface area contributed by atoms with Crippen molar-refractivity contribution in [2.45, 2.75) is 56.3 Å². The first-order valence-electron chi connectivity index (χ1n) is 14.3. The number of hydrogen-bond donors (Lipinski definition) is 2. The van der Waals surface area contributed by atoms with Gasteiger partial charge in [-0.3, -0.25) is 9.59 Å². The predicted octanol–water partition coefficient (Wildman–Crippen LogP) is 4.86. The number of nitrogens with two attached hydrogens (primary N) is 1. The Kier molecular flexibility index (Phi) is 6.06. The summed E-state index contributed by atoms with van der Waals surface area (Å²) in [6.45, 7) is 2.28. The SMILES string of the molecule is C[C@]1(C(N)=O)COc2c1cc([C@@H](CNC(=O)c1ccn3nc(C4CC4)cc3c1)C1CCC1)nc2-c1ccc(F)cc1. The van der Waals surface area contributed by atoms with Crippen molar-refractivity contribution in [3.63, 3.8) is 0 Å². The first-order valence-corrected chi connectivity index (χ1v) is 14.3. The van der Waals surface area contributed by atoms with Crippen molar-refractivity contribution in [1.82, 2.24) is 19.9 Å². The molecule has 0 radical (unpaired) electrons. The number of carbonyl (C=O) groups excluding carboxylic acids is 2. The lowest BCUT2D eigenvalue weighted by Gasteiger charge is -2.34. The van der Waals surface area contributed by atoms with Gasteiger partial charge in [0.25, 0.3) is 5.91 Å². The molecule has 3 aliphatic rings. The van der Waals surface area contributed by atoms with Crippen molar-refractivity contribution in [2.75, 3.05) is 13.2 Å². The van der Waals surface area contributed by atoms with Gasteiger partial charge in [0.1, 0.15) is 29.3 Å². The zero-order chi connectivity index (χ0) is 28.3. The molecule has 9 heteroatoms. The molecule has 3 N–H and O–H groups in total. The van der Waals surface area contributed by atoms with E-state index in [1.54, 1.807) is 25.1 Å². The number of primary amides is 1. The lowest BCUT2D eigenvalue weighted by molar-refractivity contribution is -0.123. The molecule has 8 nitrogen and oxygen atoms in total. The highest BCUT2D eigenvalue weighted by Gasteiger charge is 2.44. The molecule has 210 valence electrons. The molecule has 1 aromatic carbocycles. The van der Waals surface area contributed by atoms with Crippen molar-refractivity contribution in [3.8, 4) is 17.0 Å². The third-order valence-corrected chi connectivity index (χ3v) is 9.08. The summed E-state index contributed by atoms with van der Waals surface area (Å²) in [6.07, 6.45) is 7.35. The van der Waals surface area contributed by atoms with E-state index in [9.17, 15) is 14.0 Å². The quantitative estimate of drug-likeness (QED) is 0.324. The number of nitrogens with one attached hydrogen (secondary N) is 1. The van der Waals surface area contributed by atoms with Crippen LogP contribution < -0.4 is 15.8 Å². The predicted molar refractivity (Wildman–Crippen MR) is 151 cm³/mol. The number of benzene rings is 1. The zero-order valence-electron chi connectivity index (χ0n) is 22.9. The summed E-state index contributed by atoms with van der Waals surface area (Å²) in [5, 5.41) is 7.78. The summed E-state index contributed by atoms with van der Waals surface area (Å²) < 4.78 is 21.6. The van der Waals surface area contributed by atoms with Crippen LogP contribution in [0.15, 0.2) is 54.7 Å². The molecule has 0 unspecified atom stereocenters. The maximum absolute atomic E-state index is 13.8. The second kappa shape index (κ2) is 9.68. The van der Waals surface area contributed by atoms with Gasteiger partial charge >= 0.3 is 0 Å². The fourth-order valence-corrected chi connectivity index (χ4v) is 5.99. The monoisotopic (exact) mass is 553 g/mol. The van der Waals surface area contributed by atoms with Crippen molar-refractivity contribution < 1.29 is 18.7 Å². The molecule has 2 amide bonds. The second-order valence-electron chi connectivity index (χ2n) is 11.9. The van der Waals surface area contributed by atoms with E-state index < -0.39 is 11.3 Å². The molecule has 3 aromatic heterocycles. The number of nitrogens with zero attached hydrogens (tertiary/aromatic N) is 3. The molecular formula is C32H32FN5O3. The van der Waals surface area contributed by atoms with Gasteiger partial charge in [0, 0.05) is 47.0 Å². The third-order valence-electron chi connectivity index (χ3n) is 9.08. The highest BCUT2D eigenvalue weighted by molar-refractivity contribution is 5.95. The topological polar surface area (TPSA) is 112 Å². The summed E-state index contributed by atoms with van der Waals surface area (Å²) >= 11 is 0. The summed E-state index contributed by atoms with van der Waals surface area (Å²) in [7, 11) is 0. The fraction of sp³-hybridized carbons (Fsp3) is 0.375. The molecule has 0 spiro atoms. The van der Waals surface area contributed by atoms with Gasteiger partial charge in [0.2, 0.25) is 5.91 Å². The van der Waals surface area contributed by atoms with E-state index in [1.165, 1.54) is 25.0 Å². The molecule has 7 rings (SSSR count). The van der Waals surface area contributed by atoms with Gasteiger partial charge in [-0.2, -0.15) is 5.10 Å². The van der Waals surface area contributed by atoms with Gasteiger partial charge in [-0.05, 0) is 87.1 Å². The third kappa shape index (κ3) is 4.53. The average molecular weight is 554 g/mol. The summed E-state index contributed by atoms with van der Waals surface area (Å²) in [4.78, 5) is 30.9. The smallest absolute Gasteiger partial charge is 0.251 e. The van der Waals surface area contributed by atoms with Crippen molar-refractivity contribution >= 4 is 17.3 Å². The Morgan fingerprint density at radius 1 is 1.15 bits per heavy atom. The molecule has 41 heavy (non-hydrogen) atoms. The van der Waals surface area contributed by atoms with Crippen LogP contribution in [0.25, 0.3) is 16.8 Å². The lowest BCUT2D eigenvalue weighted by atomic mass is 9.73. The van der Waals surface area contributed by atoms with Gasteiger partial charge < -0.3 is 15.8 Å². The fourth-order valence-electron chi connectivity index (χ4n) is 5.99. The minimum absolute atomic E-state index is 0.0740. The Morgan fingerprint density at radius 3 is 2.61 bits per heavy atom. The Morgan fingerprint density at radius 2 is 1.93 bits per heavy atom. The number of amides is 2. The van der Waals surface area contributed by atoms with Crippen LogP contribution in [0.4, 0.5) is 4.39 Å². The maximum Gasteiger partial charge on any atom is 0.251 e. The number of carbonyl (C=O) groups is 2. The Balaban J connectivity index is 1.21. The summed E-state index contributed by atoms with van der Waals surface area (Å²) in [5.74, 6) is 0.313. The van der Waals surface area contributed by atoms with Gasteiger partial charge in [0.15, 0.2) is 0 Å². The van der Waals surface area contributed by atoms with E-state index in [2.05, 4.69) is 16.5 Å². The lowest BCUT2D eigenvalue weighted by Crippen LogP contribution is -2.40. The van der Waals surface area contributed by atoms with Crippen LogP contribution in [0, 0.1) is 11.7 Å². The zero-order valence-corrected chi connectivity index (χ0v) is 22.9. The number of aromatic nitrogens is 3. The van der Waals surface area contributed by atoms with Crippen LogP contribution in [0.3, 0.4) is 0 Å². The van der Waals surface area contributed by atoms with Crippen LogP contribution in [-0.2, 0) is 10.2 Å². The second-order valence-corrected chi connectivity index (χ2v) is 11.9. The van der Waals surface area contributed by atoms with Gasteiger partial charge in [-0.1, -0.05) is 6.42 Å². The molecule has 2 saturated carbocycles. The average Bonchev–Trinajstić information content (AvgIpc) is 3.61. The molecule has 2 atom stereocenters. The van der Waals surface area contributed by atoms with Crippen LogP contribution in [0.5, 0.6) is 5.75 Å². The van der Waals surface area contributed by atoms with E-state index in [4.69, 9.17) is 15.5 Å². The number of hydrogen-bond acceptors (Lipinski definition) is 5. The van der Waals surface area contributed by atoms with Crippen LogP contribution >= 0.6 is 0 Å². The summed E-state index contributed by atoms with van der Waals surface area (Å²) in [5.41, 5.74) is 10.1. The molecule has 4 heterocycles. The van der Waals surface area contributed by atoms with Crippen LogP contribution in [0.2, 0.25) is 0 Å². The van der Waals surface area contributed by atoms with E-state index in [0.29, 0.717) is 46.5 Å². The molecule has 0 saturated heterocycles. The van der Waals surface area contributed by atoms with E-state index in [-0.39, 0.29) is 24.2 Å². The number of rotatable bonds is 8. The first kappa shape index (κ1) is 25.7. The van der Waals surface area contributed by atoms with Crippen molar-refractivity contribution in [1.29, 1.82) is 0 Å². The Labute approximate surface area is 237 Å². The van der Waals surface area contributed by atoms with E-state index in [1.807, 2.05) is 22.8 Å². The number of pyridine rings is 2. The normalized spacial score (nSPS) is 20.7.